The van der Waals surface area contributed by atoms with Crippen LogP contribution >= 0.6 is 0 Å². The fourth-order valence-electron chi connectivity index (χ4n) is 5.19. The molecule has 0 aliphatic rings. The van der Waals surface area contributed by atoms with Crippen molar-refractivity contribution >= 4 is 23.2 Å². The lowest BCUT2D eigenvalue weighted by Gasteiger charge is -2.21. The van der Waals surface area contributed by atoms with Crippen LogP contribution in [0, 0.1) is 0 Å². The van der Waals surface area contributed by atoms with Gasteiger partial charge in [0.1, 0.15) is 22.8 Å². The van der Waals surface area contributed by atoms with Crippen molar-refractivity contribution in [2.24, 2.45) is 0 Å². The second-order valence-electron chi connectivity index (χ2n) is 10.5. The van der Waals surface area contributed by atoms with Gasteiger partial charge in [-0.05, 0) is 31.5 Å². The Kier molecular flexibility index (Phi) is 10.1. The molecule has 0 amide bonds. The van der Waals surface area contributed by atoms with E-state index in [1.807, 2.05) is 12.1 Å². The number of carbonyl (C=O) groups excluding carboxylic acids is 2. The third-order valence-corrected chi connectivity index (χ3v) is 7.67. The summed E-state index contributed by atoms with van der Waals surface area (Å²) in [4.78, 5) is 81.3. The lowest BCUT2D eigenvalue weighted by atomic mass is 10.1. The maximum Gasteiger partial charge on any atom is 0.332 e. The average Bonchev–Trinajstić information content (AvgIpc) is 3.02. The van der Waals surface area contributed by atoms with Crippen LogP contribution in [0.4, 0.5) is 11.6 Å². The molecule has 4 rings (SSSR count). The van der Waals surface area contributed by atoms with Gasteiger partial charge >= 0.3 is 11.4 Å². The third-order valence-electron chi connectivity index (χ3n) is 7.67. The summed E-state index contributed by atoms with van der Waals surface area (Å²) in [5, 5.41) is 0. The Morgan fingerprint density at radius 3 is 1.27 bits per heavy atom. The maximum atomic E-state index is 13.6. The number of aromatic nitrogens is 4. The Hall–Kier alpha value is -5.30. The standard InChI is InChI=1S/C32H37N7O6/c1-4-35(19-23(40)25-27(33)38(17-21-13-9-7-10-14-21)31(44)36(5-2)29(25)42)20-24(41)26-28(34)39(18-22-15-11-8-12-16-22)32(45)37(6-3)30(26)43/h7-16H,4-6,17-20,33-34H2,1-3H3. The highest BCUT2D eigenvalue weighted by molar-refractivity contribution is 6.03. The first kappa shape index (κ1) is 32.6. The highest BCUT2D eigenvalue weighted by Crippen LogP contribution is 2.13. The van der Waals surface area contributed by atoms with Crippen LogP contribution in [-0.2, 0) is 26.2 Å². The molecule has 13 nitrogen and oxygen atoms in total. The molecular formula is C32H37N7O6. The zero-order chi connectivity index (χ0) is 32.8. The molecule has 4 aromatic rings. The van der Waals surface area contributed by atoms with Crippen LogP contribution in [0.1, 0.15) is 52.6 Å². The van der Waals surface area contributed by atoms with Crippen molar-refractivity contribution in [2.45, 2.75) is 47.0 Å². The smallest absolute Gasteiger partial charge is 0.332 e. The first-order valence-corrected chi connectivity index (χ1v) is 14.7. The molecule has 0 atom stereocenters. The molecule has 0 aliphatic heterocycles. The van der Waals surface area contributed by atoms with Crippen molar-refractivity contribution in [2.75, 3.05) is 31.1 Å². The molecule has 4 N–H and O–H groups in total. The maximum absolute atomic E-state index is 13.6. The first-order chi connectivity index (χ1) is 21.5. The normalized spacial score (nSPS) is 11.2. The number of nitrogens with two attached hydrogens (primary N) is 2. The summed E-state index contributed by atoms with van der Waals surface area (Å²) in [7, 11) is 0. The molecule has 2 aromatic heterocycles. The fraction of sp³-hybridized carbons (Fsp3) is 0.312. The molecule has 2 aromatic carbocycles. The van der Waals surface area contributed by atoms with Crippen LogP contribution in [0.2, 0.25) is 0 Å². The molecule has 45 heavy (non-hydrogen) atoms. The van der Waals surface area contributed by atoms with Crippen LogP contribution in [-0.4, -0.2) is 54.4 Å². The van der Waals surface area contributed by atoms with Gasteiger partial charge in [-0.2, -0.15) is 0 Å². The quantitative estimate of drug-likeness (QED) is 0.208. The summed E-state index contributed by atoms with van der Waals surface area (Å²) >= 11 is 0. The Bertz CT molecular complexity index is 1820. The summed E-state index contributed by atoms with van der Waals surface area (Å²) in [5.41, 5.74) is 10.4. The number of likely N-dealkylation sites (N-methyl/N-ethyl adjacent to an activating group) is 1. The number of nitrogen functional groups attached to an aromatic ring is 2. The number of Topliss-reactive ketones (excluding diaryl/α,β-unsaturated/α-hetero) is 2. The largest absolute Gasteiger partial charge is 0.384 e. The number of hydrogen-bond donors (Lipinski definition) is 2. The molecule has 0 saturated carbocycles. The van der Waals surface area contributed by atoms with Gasteiger partial charge in [0.2, 0.25) is 0 Å². The Morgan fingerprint density at radius 2 is 0.956 bits per heavy atom. The number of nitrogens with zero attached hydrogens (tertiary/aromatic N) is 5. The molecule has 0 fully saturated rings. The predicted octanol–water partition coefficient (Wildman–Crippen LogP) is 1.02. The highest BCUT2D eigenvalue weighted by atomic mass is 16.2. The number of carbonyl (C=O) groups is 2. The molecule has 2 heterocycles. The Labute approximate surface area is 258 Å². The molecule has 0 spiro atoms. The Morgan fingerprint density at radius 1 is 0.600 bits per heavy atom. The minimum atomic E-state index is -0.820. The zero-order valence-electron chi connectivity index (χ0n) is 25.6. The summed E-state index contributed by atoms with van der Waals surface area (Å²) < 4.78 is 4.24. The number of ketones is 2. The monoisotopic (exact) mass is 615 g/mol. The van der Waals surface area contributed by atoms with Gasteiger partial charge in [0.05, 0.1) is 26.2 Å². The SMILES string of the molecule is CCN(CC(=O)c1c(N)n(Cc2ccccc2)c(=O)n(CC)c1=O)CC(=O)c1c(N)n(Cc2ccccc2)c(=O)n(CC)c1=O. The topological polar surface area (TPSA) is 177 Å². The summed E-state index contributed by atoms with van der Waals surface area (Å²) in [5.74, 6) is -1.92. The number of benzene rings is 2. The molecule has 0 aliphatic carbocycles. The lowest BCUT2D eigenvalue weighted by Crippen LogP contribution is -2.46. The van der Waals surface area contributed by atoms with Crippen molar-refractivity contribution in [1.82, 2.24) is 23.2 Å². The molecule has 0 bridgehead atoms. The summed E-state index contributed by atoms with van der Waals surface area (Å²) in [6, 6.07) is 18.0. The van der Waals surface area contributed by atoms with E-state index < -0.39 is 47.2 Å². The van der Waals surface area contributed by atoms with E-state index in [2.05, 4.69) is 0 Å². The minimum Gasteiger partial charge on any atom is -0.384 e. The zero-order valence-corrected chi connectivity index (χ0v) is 25.6. The van der Waals surface area contributed by atoms with Crippen LogP contribution in [0.15, 0.2) is 79.8 Å². The van der Waals surface area contributed by atoms with Gasteiger partial charge in [-0.25, -0.2) is 9.59 Å². The van der Waals surface area contributed by atoms with Gasteiger partial charge in [0.25, 0.3) is 11.1 Å². The van der Waals surface area contributed by atoms with E-state index in [0.29, 0.717) is 0 Å². The van der Waals surface area contributed by atoms with Gasteiger partial charge in [-0.3, -0.25) is 42.3 Å². The van der Waals surface area contributed by atoms with Gasteiger partial charge in [-0.1, -0.05) is 67.6 Å². The molecule has 0 radical (unpaired) electrons. The van der Waals surface area contributed by atoms with Crippen molar-refractivity contribution in [1.29, 1.82) is 0 Å². The van der Waals surface area contributed by atoms with Crippen molar-refractivity contribution < 1.29 is 9.59 Å². The van der Waals surface area contributed by atoms with E-state index in [1.54, 1.807) is 69.3 Å². The van der Waals surface area contributed by atoms with E-state index >= 15 is 0 Å². The number of rotatable bonds is 13. The van der Waals surface area contributed by atoms with Crippen LogP contribution in [0.25, 0.3) is 0 Å². The third kappa shape index (κ3) is 6.63. The van der Waals surface area contributed by atoms with Gasteiger partial charge < -0.3 is 11.5 Å². The molecule has 0 unspecified atom stereocenters. The molecular weight excluding hydrogens is 578 g/mol. The first-order valence-electron chi connectivity index (χ1n) is 14.7. The van der Waals surface area contributed by atoms with E-state index in [-0.39, 0.29) is 55.5 Å². The van der Waals surface area contributed by atoms with Crippen molar-refractivity contribution in [3.63, 3.8) is 0 Å². The average molecular weight is 616 g/mol. The van der Waals surface area contributed by atoms with Crippen molar-refractivity contribution in [3.05, 3.63) is 125 Å². The van der Waals surface area contributed by atoms with E-state index in [1.165, 1.54) is 14.0 Å². The fourth-order valence-corrected chi connectivity index (χ4v) is 5.19. The van der Waals surface area contributed by atoms with E-state index in [4.69, 9.17) is 11.5 Å². The summed E-state index contributed by atoms with van der Waals surface area (Å²) in [6.07, 6.45) is 0. The van der Waals surface area contributed by atoms with Gasteiger partial charge in [-0.15, -0.1) is 0 Å². The number of hydrogen-bond acceptors (Lipinski definition) is 9. The van der Waals surface area contributed by atoms with Crippen LogP contribution in [0.3, 0.4) is 0 Å². The van der Waals surface area contributed by atoms with Gasteiger partial charge in [0, 0.05) is 13.1 Å². The second kappa shape index (κ2) is 14.0. The van der Waals surface area contributed by atoms with Crippen molar-refractivity contribution in [3.8, 4) is 0 Å². The molecule has 13 heteroatoms. The molecule has 236 valence electrons. The van der Waals surface area contributed by atoms with Crippen LogP contribution < -0.4 is 34.0 Å². The number of anilines is 2. The molecule has 0 saturated heterocycles. The van der Waals surface area contributed by atoms with Gasteiger partial charge in [0.15, 0.2) is 11.6 Å². The lowest BCUT2D eigenvalue weighted by molar-refractivity contribution is 0.0874. The highest BCUT2D eigenvalue weighted by Gasteiger charge is 2.27. The van der Waals surface area contributed by atoms with Crippen LogP contribution in [0.5, 0.6) is 0 Å². The predicted molar refractivity (Wildman–Crippen MR) is 172 cm³/mol. The summed E-state index contributed by atoms with van der Waals surface area (Å²) in [6.45, 7) is 4.44. The Balaban J connectivity index is 1.67. The van der Waals surface area contributed by atoms with E-state index in [9.17, 15) is 28.8 Å². The van der Waals surface area contributed by atoms with E-state index in [0.717, 1.165) is 20.3 Å². The second-order valence-corrected chi connectivity index (χ2v) is 10.5. The minimum absolute atomic E-state index is 0.0185.